The fraction of sp³-hybridized carbons (Fsp3) is 0.333. The molecular formula is C48H51N5O9. The van der Waals surface area contributed by atoms with Crippen LogP contribution in [0.3, 0.4) is 0 Å². The summed E-state index contributed by atoms with van der Waals surface area (Å²) in [4.78, 5) is 56.8. The summed E-state index contributed by atoms with van der Waals surface area (Å²) in [5.41, 5.74) is 12.4. The molecule has 4 aromatic rings. The number of nitrogen functional groups attached to an aromatic ring is 1. The van der Waals surface area contributed by atoms with Gasteiger partial charge in [-0.1, -0.05) is 24.3 Å². The summed E-state index contributed by atoms with van der Waals surface area (Å²) < 4.78 is 29.2. The molecule has 0 fully saturated rings. The minimum absolute atomic E-state index is 0.00508. The Bertz CT molecular complexity index is 2460. The van der Waals surface area contributed by atoms with Crippen molar-refractivity contribution in [1.29, 1.82) is 0 Å². The molecule has 2 amide bonds. The second-order valence-corrected chi connectivity index (χ2v) is 16.1. The lowest BCUT2D eigenvalue weighted by atomic mass is 9.95. The van der Waals surface area contributed by atoms with Crippen LogP contribution in [0.4, 0.5) is 17.1 Å². The van der Waals surface area contributed by atoms with E-state index >= 15 is 0 Å². The highest BCUT2D eigenvalue weighted by Gasteiger charge is 2.42. The quantitative estimate of drug-likeness (QED) is 0.0814. The van der Waals surface area contributed by atoms with Crippen LogP contribution in [-0.2, 0) is 9.59 Å². The van der Waals surface area contributed by atoms with Crippen molar-refractivity contribution in [3.05, 3.63) is 107 Å². The molecule has 14 heteroatoms. The zero-order chi connectivity index (χ0) is 43.7. The topological polar surface area (TPSA) is 171 Å². The number of carbonyl (C=O) groups is 4. The number of rotatable bonds is 15. The Hall–Kier alpha value is -6.96. The smallest absolute Gasteiger partial charge is 0.260 e. The molecule has 0 aromatic heterocycles. The van der Waals surface area contributed by atoms with Crippen molar-refractivity contribution in [3.8, 4) is 28.7 Å². The fourth-order valence-corrected chi connectivity index (χ4v) is 8.80. The van der Waals surface area contributed by atoms with Crippen LogP contribution < -0.4 is 40.1 Å². The first kappa shape index (κ1) is 41.8. The molecule has 14 nitrogen and oxygen atoms in total. The molecule has 8 rings (SSSR count). The number of ketones is 2. The zero-order valence-corrected chi connectivity index (χ0v) is 35.5. The van der Waals surface area contributed by atoms with Crippen molar-refractivity contribution in [2.75, 3.05) is 50.9 Å². The first-order valence-electron chi connectivity index (χ1n) is 20.7. The van der Waals surface area contributed by atoms with E-state index in [1.165, 1.54) is 14.2 Å². The number of anilines is 3. The van der Waals surface area contributed by atoms with Gasteiger partial charge in [0, 0.05) is 49.5 Å². The van der Waals surface area contributed by atoms with Crippen molar-refractivity contribution in [2.24, 2.45) is 0 Å². The fourth-order valence-electron chi connectivity index (χ4n) is 8.80. The van der Waals surface area contributed by atoms with Crippen molar-refractivity contribution in [3.63, 3.8) is 0 Å². The number of nitrogens with zero attached hydrogens (tertiary/aromatic N) is 2. The van der Waals surface area contributed by atoms with Gasteiger partial charge in [-0.25, -0.2) is 0 Å². The second kappa shape index (κ2) is 17.6. The van der Waals surface area contributed by atoms with E-state index in [0.29, 0.717) is 70.4 Å². The second-order valence-electron chi connectivity index (χ2n) is 16.1. The van der Waals surface area contributed by atoms with E-state index in [0.717, 1.165) is 28.0 Å². The molecule has 4 aliphatic rings. The number of nitrogens with two attached hydrogens (primary N) is 1. The number of nitrogens with one attached hydrogen (secondary N) is 2. The van der Waals surface area contributed by atoms with Crippen LogP contribution in [0.5, 0.6) is 28.7 Å². The molecule has 0 saturated heterocycles. The number of hydrogen-bond donors (Lipinski definition) is 3. The predicted octanol–water partition coefficient (Wildman–Crippen LogP) is 7.20. The zero-order valence-electron chi connectivity index (χ0n) is 35.5. The molecule has 4 aromatic carbocycles. The molecule has 0 spiro atoms. The number of methoxy groups -OCH3 is 3. The Kier molecular flexibility index (Phi) is 11.8. The van der Waals surface area contributed by atoms with Crippen molar-refractivity contribution in [1.82, 2.24) is 9.80 Å². The average Bonchev–Trinajstić information content (AvgIpc) is 3.88. The van der Waals surface area contributed by atoms with Gasteiger partial charge in [0.25, 0.3) is 11.8 Å². The van der Waals surface area contributed by atoms with E-state index in [2.05, 4.69) is 10.6 Å². The molecule has 322 valence electrons. The van der Waals surface area contributed by atoms with Gasteiger partial charge in [0.05, 0.1) is 81.2 Å². The molecule has 0 bridgehead atoms. The standard InChI is InChI=1S/C48H51N5O9/c1-27(54)17-39-41-19-31(29-7-11-33(49)12-8-29)25-52(41)47(56)35-21-43(59-4)45(23-37(35)50-39)61-15-6-16-62-46-24-38-36(22-44(46)60-5)48(57)53-26-32(30-9-13-34(58-3)14-10-30)20-42(53)40(51-38)18-28(2)55/h7-14,21-26,39-42,50-51H,6,15-20,49H2,1-5H3/t39-,40-,41-,42-/m0/s1. The molecule has 4 N–H and O–H groups in total. The summed E-state index contributed by atoms with van der Waals surface area (Å²) in [7, 11) is 4.66. The van der Waals surface area contributed by atoms with Gasteiger partial charge in [-0.2, -0.15) is 0 Å². The number of ether oxygens (including phenoxy) is 5. The van der Waals surface area contributed by atoms with E-state index in [1.54, 1.807) is 55.0 Å². The van der Waals surface area contributed by atoms with E-state index in [9.17, 15) is 19.2 Å². The molecule has 4 atom stereocenters. The number of carbonyl (C=O) groups excluding carboxylic acids is 4. The van der Waals surface area contributed by atoms with Gasteiger partial charge < -0.3 is 49.9 Å². The molecule has 4 aliphatic heterocycles. The molecule has 4 heterocycles. The van der Waals surface area contributed by atoms with Gasteiger partial charge in [0.2, 0.25) is 0 Å². The van der Waals surface area contributed by atoms with Gasteiger partial charge in [0.15, 0.2) is 23.0 Å². The lowest BCUT2D eigenvalue weighted by molar-refractivity contribution is -0.118. The van der Waals surface area contributed by atoms with E-state index in [4.69, 9.17) is 29.4 Å². The Balaban J connectivity index is 0.966. The first-order chi connectivity index (χ1) is 29.9. The minimum Gasteiger partial charge on any atom is -0.497 e. The van der Waals surface area contributed by atoms with Gasteiger partial charge in [0.1, 0.15) is 17.3 Å². The molecule has 62 heavy (non-hydrogen) atoms. The highest BCUT2D eigenvalue weighted by Crippen LogP contribution is 2.44. The highest BCUT2D eigenvalue weighted by atomic mass is 16.5. The van der Waals surface area contributed by atoms with Crippen LogP contribution in [0, 0.1) is 0 Å². The molecule has 0 saturated carbocycles. The SMILES string of the molecule is COc1ccc(C2=CN3C(=O)c4cc(OC)c(OCCCOc5cc6c(cc5OC)C(=O)N5C=C(c7ccc(N)cc7)C[C@H]5[C@H](CC(C)=O)N6)cc4N[C@@H](CC(C)=O)[C@@H]3C2)cc1. The van der Waals surface area contributed by atoms with Crippen molar-refractivity contribution in [2.45, 2.75) is 70.1 Å². The normalized spacial score (nSPS) is 19.9. The van der Waals surface area contributed by atoms with Gasteiger partial charge in [-0.3, -0.25) is 19.2 Å². The lowest BCUT2D eigenvalue weighted by Crippen LogP contribution is -2.43. The van der Waals surface area contributed by atoms with Crippen molar-refractivity contribution >= 4 is 51.6 Å². The number of Topliss-reactive ketones (excluding diaryl/α,β-unsaturated/α-hetero) is 2. The summed E-state index contributed by atoms with van der Waals surface area (Å²) in [6.45, 7) is 3.59. The molecular weight excluding hydrogens is 791 g/mol. The van der Waals surface area contributed by atoms with E-state index in [1.807, 2.05) is 60.9 Å². The van der Waals surface area contributed by atoms with Crippen LogP contribution >= 0.6 is 0 Å². The summed E-state index contributed by atoms with van der Waals surface area (Å²) in [6.07, 6.45) is 5.81. The maximum absolute atomic E-state index is 14.2. The first-order valence-corrected chi connectivity index (χ1v) is 20.7. The largest absolute Gasteiger partial charge is 0.497 e. The Labute approximate surface area is 360 Å². The summed E-state index contributed by atoms with van der Waals surface area (Å²) in [5, 5.41) is 7.01. The van der Waals surface area contributed by atoms with E-state index < -0.39 is 0 Å². The minimum atomic E-state index is -0.349. The van der Waals surface area contributed by atoms with Crippen LogP contribution in [0.2, 0.25) is 0 Å². The third-order valence-electron chi connectivity index (χ3n) is 11.9. The number of hydrogen-bond acceptors (Lipinski definition) is 12. The van der Waals surface area contributed by atoms with Gasteiger partial charge in [-0.05, 0) is 85.4 Å². The predicted molar refractivity (Wildman–Crippen MR) is 236 cm³/mol. The number of fused-ring (bicyclic) bond motifs is 4. The van der Waals surface area contributed by atoms with Crippen molar-refractivity contribution < 1.29 is 42.9 Å². The Morgan fingerprint density at radius 3 is 1.47 bits per heavy atom. The highest BCUT2D eigenvalue weighted by molar-refractivity contribution is 6.04. The van der Waals surface area contributed by atoms with Crippen LogP contribution in [0.1, 0.15) is 77.8 Å². The summed E-state index contributed by atoms with van der Waals surface area (Å²) in [6, 6.07) is 20.8. The molecule has 0 aliphatic carbocycles. The maximum Gasteiger partial charge on any atom is 0.260 e. The van der Waals surface area contributed by atoms with Crippen LogP contribution in [-0.4, -0.2) is 91.9 Å². The third kappa shape index (κ3) is 8.37. The number of benzene rings is 4. The van der Waals surface area contributed by atoms with Gasteiger partial charge in [-0.15, -0.1) is 0 Å². The monoisotopic (exact) mass is 841 g/mol. The maximum atomic E-state index is 14.2. The third-order valence-corrected chi connectivity index (χ3v) is 11.9. The number of amides is 2. The lowest BCUT2D eigenvalue weighted by Gasteiger charge is -2.28. The van der Waals surface area contributed by atoms with Crippen LogP contribution in [0.15, 0.2) is 85.2 Å². The Morgan fingerprint density at radius 1 is 0.629 bits per heavy atom. The molecule has 0 radical (unpaired) electrons. The summed E-state index contributed by atoms with van der Waals surface area (Å²) >= 11 is 0. The van der Waals surface area contributed by atoms with Gasteiger partial charge >= 0.3 is 0 Å². The Morgan fingerprint density at radius 2 is 1.06 bits per heavy atom. The molecule has 0 unspecified atom stereocenters. The average molecular weight is 842 g/mol. The van der Waals surface area contributed by atoms with Crippen LogP contribution in [0.25, 0.3) is 11.1 Å². The van der Waals surface area contributed by atoms with E-state index in [-0.39, 0.29) is 73.6 Å². The summed E-state index contributed by atoms with van der Waals surface area (Å²) in [5.74, 6) is 1.98.